The highest BCUT2D eigenvalue weighted by Gasteiger charge is 2.11. The molecular formula is C19H17N3. The van der Waals surface area contributed by atoms with Crippen LogP contribution in [0.15, 0.2) is 54.6 Å². The van der Waals surface area contributed by atoms with Crippen LogP contribution in [0.1, 0.15) is 23.7 Å². The number of benzene rings is 2. The maximum atomic E-state index is 9.17. The predicted octanol–water partition coefficient (Wildman–Crippen LogP) is 4.28. The van der Waals surface area contributed by atoms with Crippen LogP contribution in [0.5, 0.6) is 0 Å². The van der Waals surface area contributed by atoms with E-state index in [1.165, 1.54) is 11.1 Å². The van der Waals surface area contributed by atoms with Gasteiger partial charge in [-0.2, -0.15) is 10.4 Å². The summed E-state index contributed by atoms with van der Waals surface area (Å²) in [5, 5.41) is 13.6. The Morgan fingerprint density at radius 1 is 1.05 bits per heavy atom. The fourth-order valence-corrected chi connectivity index (χ4v) is 2.44. The summed E-state index contributed by atoms with van der Waals surface area (Å²) in [6.07, 6.45) is 1.01. The average Bonchev–Trinajstić information content (AvgIpc) is 3.00. The monoisotopic (exact) mass is 287 g/mol. The van der Waals surface area contributed by atoms with Crippen LogP contribution in [-0.2, 0) is 6.42 Å². The van der Waals surface area contributed by atoms with Crippen LogP contribution in [-0.4, -0.2) is 9.78 Å². The molecule has 22 heavy (non-hydrogen) atoms. The summed E-state index contributed by atoms with van der Waals surface area (Å²) in [5.74, 6) is 0. The summed E-state index contributed by atoms with van der Waals surface area (Å²) < 4.78 is 1.83. The van der Waals surface area contributed by atoms with Crippen molar-refractivity contribution in [3.05, 3.63) is 71.4 Å². The lowest BCUT2D eigenvalue weighted by atomic mass is 10.1. The van der Waals surface area contributed by atoms with Gasteiger partial charge in [0.2, 0.25) is 0 Å². The smallest absolute Gasteiger partial charge is 0.163 e. The highest BCUT2D eigenvalue weighted by atomic mass is 15.3. The average molecular weight is 287 g/mol. The van der Waals surface area contributed by atoms with Gasteiger partial charge in [0.1, 0.15) is 6.07 Å². The minimum atomic E-state index is 0.426. The third-order valence-corrected chi connectivity index (χ3v) is 3.76. The minimum absolute atomic E-state index is 0.426. The van der Waals surface area contributed by atoms with Crippen molar-refractivity contribution in [1.29, 1.82) is 5.26 Å². The second-order valence-electron chi connectivity index (χ2n) is 5.32. The van der Waals surface area contributed by atoms with Crippen LogP contribution in [0.2, 0.25) is 0 Å². The van der Waals surface area contributed by atoms with E-state index in [-0.39, 0.29) is 0 Å². The molecule has 1 aromatic heterocycles. The summed E-state index contributed by atoms with van der Waals surface area (Å²) >= 11 is 0. The van der Waals surface area contributed by atoms with E-state index in [2.05, 4.69) is 49.3 Å². The molecule has 1 heterocycles. The first-order chi connectivity index (χ1) is 10.7. The molecule has 0 radical (unpaired) electrons. The molecular weight excluding hydrogens is 270 g/mol. The number of aryl methyl sites for hydroxylation is 2. The van der Waals surface area contributed by atoms with Crippen LogP contribution < -0.4 is 0 Å². The molecule has 0 aliphatic heterocycles. The number of hydrogen-bond donors (Lipinski definition) is 0. The van der Waals surface area contributed by atoms with Crippen LogP contribution in [0.25, 0.3) is 16.9 Å². The number of nitrogens with zero attached hydrogens (tertiary/aromatic N) is 3. The first-order valence-corrected chi connectivity index (χ1v) is 7.38. The molecule has 0 N–H and O–H groups in total. The Balaban J connectivity index is 2.12. The van der Waals surface area contributed by atoms with Gasteiger partial charge in [-0.25, -0.2) is 4.68 Å². The van der Waals surface area contributed by atoms with Crippen molar-refractivity contribution in [2.75, 3.05) is 0 Å². The van der Waals surface area contributed by atoms with Crippen LogP contribution in [0.3, 0.4) is 0 Å². The van der Waals surface area contributed by atoms with Crippen LogP contribution in [0.4, 0.5) is 0 Å². The molecule has 0 spiro atoms. The molecule has 0 amide bonds. The van der Waals surface area contributed by atoms with E-state index >= 15 is 0 Å². The van der Waals surface area contributed by atoms with Gasteiger partial charge in [0, 0.05) is 11.6 Å². The molecule has 3 rings (SSSR count). The summed E-state index contributed by atoms with van der Waals surface area (Å²) in [6, 6.07) is 20.5. The fraction of sp³-hybridized carbons (Fsp3) is 0.158. The summed E-state index contributed by atoms with van der Waals surface area (Å²) in [7, 11) is 0. The largest absolute Gasteiger partial charge is 0.232 e. The van der Waals surface area contributed by atoms with Gasteiger partial charge in [-0.1, -0.05) is 48.9 Å². The predicted molar refractivity (Wildman–Crippen MR) is 87.8 cm³/mol. The van der Waals surface area contributed by atoms with Gasteiger partial charge in [-0.3, -0.25) is 0 Å². The lowest BCUT2D eigenvalue weighted by Crippen LogP contribution is -1.99. The highest BCUT2D eigenvalue weighted by molar-refractivity contribution is 5.64. The van der Waals surface area contributed by atoms with Crippen molar-refractivity contribution in [2.45, 2.75) is 20.3 Å². The van der Waals surface area contributed by atoms with Crippen molar-refractivity contribution in [2.24, 2.45) is 0 Å². The molecule has 0 fully saturated rings. The zero-order valence-electron chi connectivity index (χ0n) is 12.7. The summed E-state index contributed by atoms with van der Waals surface area (Å²) in [5.41, 5.74) is 5.88. The van der Waals surface area contributed by atoms with E-state index in [9.17, 15) is 0 Å². The van der Waals surface area contributed by atoms with E-state index in [0.717, 1.165) is 23.4 Å². The second kappa shape index (κ2) is 5.87. The zero-order valence-corrected chi connectivity index (χ0v) is 12.7. The van der Waals surface area contributed by atoms with Crippen molar-refractivity contribution < 1.29 is 0 Å². The normalized spacial score (nSPS) is 10.4. The van der Waals surface area contributed by atoms with Crippen molar-refractivity contribution in [3.8, 4) is 23.0 Å². The highest BCUT2D eigenvalue weighted by Crippen LogP contribution is 2.24. The van der Waals surface area contributed by atoms with Gasteiger partial charge < -0.3 is 0 Å². The number of hydrogen-bond acceptors (Lipinski definition) is 2. The van der Waals surface area contributed by atoms with Gasteiger partial charge in [0.15, 0.2) is 5.69 Å². The van der Waals surface area contributed by atoms with Gasteiger partial charge >= 0.3 is 0 Å². The molecule has 0 aliphatic carbocycles. The minimum Gasteiger partial charge on any atom is -0.232 e. The Bertz CT molecular complexity index is 819. The number of aromatic nitrogens is 2. The van der Waals surface area contributed by atoms with Gasteiger partial charge in [0.05, 0.1) is 11.4 Å². The molecule has 3 nitrogen and oxygen atoms in total. The van der Waals surface area contributed by atoms with E-state index in [4.69, 9.17) is 5.26 Å². The Labute approximate surface area is 130 Å². The third-order valence-electron chi connectivity index (χ3n) is 3.76. The topological polar surface area (TPSA) is 41.6 Å². The molecule has 0 unspecified atom stereocenters. The van der Waals surface area contributed by atoms with Gasteiger partial charge in [-0.05, 0) is 31.0 Å². The molecule has 3 heteroatoms. The maximum Gasteiger partial charge on any atom is 0.163 e. The summed E-state index contributed by atoms with van der Waals surface area (Å²) in [4.78, 5) is 0. The molecule has 0 atom stereocenters. The van der Waals surface area contributed by atoms with Crippen LogP contribution >= 0.6 is 0 Å². The number of rotatable bonds is 3. The third kappa shape index (κ3) is 2.64. The van der Waals surface area contributed by atoms with E-state index in [1.54, 1.807) is 0 Å². The molecule has 108 valence electrons. The molecule has 0 saturated carbocycles. The Morgan fingerprint density at radius 2 is 1.73 bits per heavy atom. The lowest BCUT2D eigenvalue weighted by Gasteiger charge is -2.08. The molecule has 0 aliphatic rings. The Kier molecular flexibility index (Phi) is 3.76. The lowest BCUT2D eigenvalue weighted by molar-refractivity contribution is 0.879. The van der Waals surface area contributed by atoms with Crippen molar-refractivity contribution in [1.82, 2.24) is 9.78 Å². The van der Waals surface area contributed by atoms with Crippen molar-refractivity contribution in [3.63, 3.8) is 0 Å². The second-order valence-corrected chi connectivity index (χ2v) is 5.32. The first kappa shape index (κ1) is 14.1. The molecule has 0 saturated heterocycles. The fourth-order valence-electron chi connectivity index (χ4n) is 2.44. The maximum absolute atomic E-state index is 9.17. The first-order valence-electron chi connectivity index (χ1n) is 7.38. The molecule has 0 bridgehead atoms. The van der Waals surface area contributed by atoms with E-state index in [1.807, 2.05) is 35.0 Å². The molecule has 2 aromatic carbocycles. The van der Waals surface area contributed by atoms with Crippen LogP contribution in [0, 0.1) is 18.3 Å². The van der Waals surface area contributed by atoms with E-state index in [0.29, 0.717) is 5.69 Å². The standard InChI is InChI=1S/C19H17N3/c1-3-15-6-8-16(9-7-15)19-12-17(13-20)21-22(19)18-10-4-14(2)5-11-18/h4-12H,3H2,1-2H3. The zero-order chi connectivity index (χ0) is 15.5. The molecule has 3 aromatic rings. The Morgan fingerprint density at radius 3 is 2.32 bits per heavy atom. The summed E-state index contributed by atoms with van der Waals surface area (Å²) in [6.45, 7) is 4.19. The SMILES string of the molecule is CCc1ccc(-c2cc(C#N)nn2-c2ccc(C)cc2)cc1. The van der Waals surface area contributed by atoms with E-state index < -0.39 is 0 Å². The Hall–Kier alpha value is -2.86. The quantitative estimate of drug-likeness (QED) is 0.721. The number of nitriles is 1. The van der Waals surface area contributed by atoms with Gasteiger partial charge in [0.25, 0.3) is 0 Å². The van der Waals surface area contributed by atoms with Crippen molar-refractivity contribution >= 4 is 0 Å². The van der Waals surface area contributed by atoms with Gasteiger partial charge in [-0.15, -0.1) is 0 Å².